The van der Waals surface area contributed by atoms with Crippen molar-refractivity contribution in [2.45, 2.75) is 51.9 Å². The van der Waals surface area contributed by atoms with E-state index in [1.807, 2.05) is 48.5 Å². The van der Waals surface area contributed by atoms with Crippen molar-refractivity contribution in [3.8, 4) is 11.5 Å². The van der Waals surface area contributed by atoms with E-state index in [0.29, 0.717) is 12.4 Å². The van der Waals surface area contributed by atoms with Gasteiger partial charge in [0.15, 0.2) is 5.69 Å². The largest absolute Gasteiger partial charge is 0.496 e. The summed E-state index contributed by atoms with van der Waals surface area (Å²) in [4.78, 5) is 45.6. The molecule has 10 heteroatoms. The summed E-state index contributed by atoms with van der Waals surface area (Å²) >= 11 is 0. The molecule has 0 saturated carbocycles. The standard InChI is InChI=1S/C29H34N4O6/c1-5-6-15-39-22-13-11-20(12-14-22)17-33-26(34)25-24(27(35)38-4)31-19-32(25)18-29(33,2)28(36)30-16-21-9-7-8-10-23(21)37-3/h7-14,19H,5-6,15-18H2,1-4H3,(H,30,36). The molecule has 1 unspecified atom stereocenters. The van der Waals surface area contributed by atoms with Crippen LogP contribution in [0.1, 0.15) is 58.8 Å². The van der Waals surface area contributed by atoms with Crippen molar-refractivity contribution in [3.05, 3.63) is 77.4 Å². The number of hydrogen-bond donors (Lipinski definition) is 1. The maximum absolute atomic E-state index is 13.9. The van der Waals surface area contributed by atoms with Crippen molar-refractivity contribution < 1.29 is 28.6 Å². The number of aromatic nitrogens is 2. The van der Waals surface area contributed by atoms with Gasteiger partial charge in [-0.05, 0) is 37.1 Å². The number of carbonyl (C=O) groups excluding carboxylic acids is 3. The van der Waals surface area contributed by atoms with E-state index < -0.39 is 17.4 Å². The van der Waals surface area contributed by atoms with Gasteiger partial charge >= 0.3 is 5.97 Å². The van der Waals surface area contributed by atoms with Crippen molar-refractivity contribution in [1.29, 1.82) is 0 Å². The summed E-state index contributed by atoms with van der Waals surface area (Å²) < 4.78 is 17.5. The molecule has 0 fully saturated rings. The Morgan fingerprint density at radius 1 is 1.10 bits per heavy atom. The summed E-state index contributed by atoms with van der Waals surface area (Å²) in [6.45, 7) is 4.90. The zero-order valence-electron chi connectivity index (χ0n) is 22.7. The molecule has 2 heterocycles. The fraction of sp³-hybridized carbons (Fsp3) is 0.379. The van der Waals surface area contributed by atoms with E-state index in [9.17, 15) is 14.4 Å². The Balaban J connectivity index is 1.63. The first-order valence-corrected chi connectivity index (χ1v) is 12.9. The fourth-order valence-electron chi connectivity index (χ4n) is 4.61. The van der Waals surface area contributed by atoms with Crippen molar-refractivity contribution in [3.63, 3.8) is 0 Å². The number of ether oxygens (including phenoxy) is 3. The van der Waals surface area contributed by atoms with Gasteiger partial charge in [0.25, 0.3) is 5.91 Å². The molecule has 39 heavy (non-hydrogen) atoms. The molecule has 10 nitrogen and oxygen atoms in total. The molecule has 0 radical (unpaired) electrons. The van der Waals surface area contributed by atoms with Gasteiger partial charge in [0, 0.05) is 18.7 Å². The van der Waals surface area contributed by atoms with Crippen LogP contribution in [0.15, 0.2) is 54.9 Å². The van der Waals surface area contributed by atoms with E-state index in [1.54, 1.807) is 18.6 Å². The van der Waals surface area contributed by atoms with Gasteiger partial charge in [-0.1, -0.05) is 43.7 Å². The van der Waals surface area contributed by atoms with Crippen LogP contribution in [0.4, 0.5) is 0 Å². The third kappa shape index (κ3) is 5.74. The van der Waals surface area contributed by atoms with E-state index in [1.165, 1.54) is 18.3 Å². The number of amides is 2. The molecule has 0 saturated heterocycles. The molecule has 2 aromatic carbocycles. The molecule has 0 aliphatic carbocycles. The van der Waals surface area contributed by atoms with Gasteiger partial charge in [0.2, 0.25) is 5.91 Å². The predicted octanol–water partition coefficient (Wildman–Crippen LogP) is 3.59. The number of benzene rings is 2. The van der Waals surface area contributed by atoms with Crippen molar-refractivity contribution in [2.24, 2.45) is 0 Å². The lowest BCUT2D eigenvalue weighted by Gasteiger charge is -2.43. The number of fused-ring (bicyclic) bond motifs is 1. The van der Waals surface area contributed by atoms with Gasteiger partial charge < -0.3 is 29.0 Å². The van der Waals surface area contributed by atoms with Crippen molar-refractivity contribution >= 4 is 17.8 Å². The lowest BCUT2D eigenvalue weighted by molar-refractivity contribution is -0.133. The number of para-hydroxylation sites is 1. The van der Waals surface area contributed by atoms with Gasteiger partial charge in [-0.2, -0.15) is 0 Å². The minimum atomic E-state index is -1.28. The highest BCUT2D eigenvalue weighted by atomic mass is 16.5. The Bertz CT molecular complexity index is 1340. The van der Waals surface area contributed by atoms with E-state index in [4.69, 9.17) is 14.2 Å². The van der Waals surface area contributed by atoms with Crippen LogP contribution in [0.2, 0.25) is 0 Å². The Hall–Kier alpha value is -4.34. The number of nitrogens with zero attached hydrogens (tertiary/aromatic N) is 3. The topological polar surface area (TPSA) is 112 Å². The predicted molar refractivity (Wildman–Crippen MR) is 144 cm³/mol. The number of carbonyl (C=O) groups is 3. The van der Waals surface area contributed by atoms with Crippen LogP contribution in [0.3, 0.4) is 0 Å². The maximum atomic E-state index is 13.9. The minimum absolute atomic E-state index is 0.0800. The van der Waals surface area contributed by atoms with Crippen LogP contribution in [-0.4, -0.2) is 58.6 Å². The lowest BCUT2D eigenvalue weighted by atomic mass is 9.93. The number of imidazole rings is 1. The molecule has 1 aliphatic rings. The third-order valence-electron chi connectivity index (χ3n) is 6.89. The van der Waals surface area contributed by atoms with Crippen LogP contribution in [0, 0.1) is 0 Å². The monoisotopic (exact) mass is 534 g/mol. The summed E-state index contributed by atoms with van der Waals surface area (Å²) in [6, 6.07) is 14.8. The zero-order chi connectivity index (χ0) is 28.0. The Labute approximate surface area is 227 Å². The summed E-state index contributed by atoms with van der Waals surface area (Å²) in [5.41, 5.74) is 0.347. The van der Waals surface area contributed by atoms with Crippen molar-refractivity contribution in [2.75, 3.05) is 20.8 Å². The van der Waals surface area contributed by atoms with Gasteiger partial charge in [0.05, 0.1) is 33.7 Å². The number of unbranched alkanes of at least 4 members (excludes halogenated alkanes) is 1. The number of esters is 1. The number of hydrogen-bond acceptors (Lipinski definition) is 7. The molecule has 2 amide bonds. The molecule has 0 bridgehead atoms. The van der Waals surface area contributed by atoms with Crippen LogP contribution in [0.5, 0.6) is 11.5 Å². The molecule has 206 valence electrons. The van der Waals surface area contributed by atoms with Gasteiger partial charge in [0.1, 0.15) is 22.7 Å². The number of methoxy groups -OCH3 is 2. The van der Waals surface area contributed by atoms with Crippen molar-refractivity contribution in [1.82, 2.24) is 19.8 Å². The fourth-order valence-corrected chi connectivity index (χ4v) is 4.61. The van der Waals surface area contributed by atoms with E-state index in [-0.39, 0.29) is 36.9 Å². The highest BCUT2D eigenvalue weighted by Gasteiger charge is 2.49. The Kier molecular flexibility index (Phi) is 8.53. The smallest absolute Gasteiger partial charge is 0.359 e. The Morgan fingerprint density at radius 2 is 1.85 bits per heavy atom. The van der Waals surface area contributed by atoms with Crippen LogP contribution in [-0.2, 0) is 29.2 Å². The minimum Gasteiger partial charge on any atom is -0.496 e. The SMILES string of the molecule is CCCCOc1ccc(CN2C(=O)c3c(C(=O)OC)ncn3CC2(C)C(=O)NCc2ccccc2OC)cc1. The molecule has 1 aromatic heterocycles. The molecular formula is C29H34N4O6. The molecule has 4 rings (SSSR count). The highest BCUT2D eigenvalue weighted by molar-refractivity contribution is 6.06. The normalized spacial score (nSPS) is 16.4. The van der Waals surface area contributed by atoms with E-state index in [0.717, 1.165) is 29.7 Å². The maximum Gasteiger partial charge on any atom is 0.359 e. The highest BCUT2D eigenvalue weighted by Crippen LogP contribution is 2.31. The number of rotatable bonds is 11. The first kappa shape index (κ1) is 27.7. The first-order valence-electron chi connectivity index (χ1n) is 12.9. The van der Waals surface area contributed by atoms with Crippen LogP contribution in [0.25, 0.3) is 0 Å². The molecular weight excluding hydrogens is 500 g/mol. The lowest BCUT2D eigenvalue weighted by Crippen LogP contribution is -2.63. The van der Waals surface area contributed by atoms with Gasteiger partial charge in [-0.25, -0.2) is 9.78 Å². The summed E-state index contributed by atoms with van der Waals surface area (Å²) in [7, 11) is 2.81. The average molecular weight is 535 g/mol. The van der Waals surface area contributed by atoms with E-state index >= 15 is 0 Å². The zero-order valence-corrected chi connectivity index (χ0v) is 22.7. The van der Waals surface area contributed by atoms with Crippen LogP contribution < -0.4 is 14.8 Å². The molecule has 1 atom stereocenters. The molecule has 1 N–H and O–H groups in total. The summed E-state index contributed by atoms with van der Waals surface area (Å²) in [5, 5.41) is 2.97. The number of nitrogens with one attached hydrogen (secondary N) is 1. The second-order valence-corrected chi connectivity index (χ2v) is 9.57. The summed E-state index contributed by atoms with van der Waals surface area (Å²) in [6.07, 6.45) is 3.39. The quantitative estimate of drug-likeness (QED) is 0.296. The summed E-state index contributed by atoms with van der Waals surface area (Å²) in [5.74, 6) is -0.159. The average Bonchev–Trinajstić information content (AvgIpc) is 3.38. The van der Waals surface area contributed by atoms with Gasteiger partial charge in [-0.15, -0.1) is 0 Å². The van der Waals surface area contributed by atoms with E-state index in [2.05, 4.69) is 17.2 Å². The molecule has 0 spiro atoms. The van der Waals surface area contributed by atoms with Gasteiger partial charge in [-0.3, -0.25) is 9.59 Å². The second-order valence-electron chi connectivity index (χ2n) is 9.57. The molecule has 1 aliphatic heterocycles. The second kappa shape index (κ2) is 12.0. The third-order valence-corrected chi connectivity index (χ3v) is 6.89. The first-order chi connectivity index (χ1) is 18.8. The molecule has 3 aromatic rings. The van der Waals surface area contributed by atoms with Crippen LogP contribution >= 0.6 is 0 Å². The Morgan fingerprint density at radius 3 is 2.54 bits per heavy atom.